The Hall–Kier alpha value is -1.08. The maximum atomic E-state index is 9.80. The number of aliphatic hydroxyl groups is 1. The summed E-state index contributed by atoms with van der Waals surface area (Å²) in [6.07, 6.45) is 16.6. The van der Waals surface area contributed by atoms with Gasteiger partial charge in [-0.2, -0.15) is 0 Å². The van der Waals surface area contributed by atoms with Crippen molar-refractivity contribution in [3.05, 3.63) is 48.1 Å². The van der Waals surface area contributed by atoms with Crippen molar-refractivity contribution in [2.75, 3.05) is 0 Å². The molecule has 0 aromatic rings. The molecule has 0 radical (unpaired) electrons. The van der Waals surface area contributed by atoms with Crippen LogP contribution < -0.4 is 0 Å². The van der Waals surface area contributed by atoms with E-state index in [9.17, 15) is 5.11 Å². The SMILES string of the molecule is C/C=C\C=C/C1=CC=CC2C(O)CCC12. The molecule has 0 aromatic heterocycles. The van der Waals surface area contributed by atoms with Gasteiger partial charge in [-0.05, 0) is 31.3 Å². The first-order valence-electron chi connectivity index (χ1n) is 5.68. The zero-order valence-electron chi connectivity index (χ0n) is 9.13. The van der Waals surface area contributed by atoms with E-state index in [0.717, 1.165) is 12.8 Å². The largest absolute Gasteiger partial charge is 0.392 e. The number of hydrogen-bond donors (Lipinski definition) is 1. The predicted molar refractivity (Wildman–Crippen MR) is 63.4 cm³/mol. The van der Waals surface area contributed by atoms with Crippen molar-refractivity contribution in [3.63, 3.8) is 0 Å². The van der Waals surface area contributed by atoms with E-state index in [-0.39, 0.29) is 6.10 Å². The number of rotatable bonds is 2. The van der Waals surface area contributed by atoms with Gasteiger partial charge < -0.3 is 5.11 Å². The molecule has 0 amide bonds. The fraction of sp³-hybridized carbons (Fsp3) is 0.429. The van der Waals surface area contributed by atoms with Crippen molar-refractivity contribution in [3.8, 4) is 0 Å². The summed E-state index contributed by atoms with van der Waals surface area (Å²) in [4.78, 5) is 0. The first-order valence-corrected chi connectivity index (χ1v) is 5.68. The minimum atomic E-state index is -0.134. The van der Waals surface area contributed by atoms with Crippen LogP contribution in [0.4, 0.5) is 0 Å². The second kappa shape index (κ2) is 4.63. The maximum Gasteiger partial charge on any atom is 0.0609 e. The molecule has 0 aromatic carbocycles. The molecule has 2 aliphatic carbocycles. The zero-order valence-corrected chi connectivity index (χ0v) is 9.13. The molecular weight excluding hydrogens is 184 g/mol. The van der Waals surface area contributed by atoms with E-state index in [1.165, 1.54) is 5.57 Å². The third-order valence-electron chi connectivity index (χ3n) is 3.32. The molecule has 0 spiro atoms. The lowest BCUT2D eigenvalue weighted by Crippen LogP contribution is -2.19. The zero-order chi connectivity index (χ0) is 10.7. The molecule has 2 aliphatic rings. The van der Waals surface area contributed by atoms with E-state index in [1.807, 2.05) is 19.1 Å². The number of aliphatic hydroxyl groups excluding tert-OH is 1. The Kier molecular flexibility index (Phi) is 3.22. The van der Waals surface area contributed by atoms with Crippen LogP contribution in [0.15, 0.2) is 48.1 Å². The van der Waals surface area contributed by atoms with Gasteiger partial charge in [-0.15, -0.1) is 0 Å². The molecule has 3 atom stereocenters. The van der Waals surface area contributed by atoms with Gasteiger partial charge in [0.2, 0.25) is 0 Å². The molecule has 0 bridgehead atoms. The first-order chi connectivity index (χ1) is 7.33. The molecule has 1 N–H and O–H groups in total. The third kappa shape index (κ3) is 2.13. The van der Waals surface area contributed by atoms with Crippen LogP contribution in [0, 0.1) is 11.8 Å². The summed E-state index contributed by atoms with van der Waals surface area (Å²) in [5.41, 5.74) is 1.36. The van der Waals surface area contributed by atoms with Gasteiger partial charge in [0.05, 0.1) is 6.10 Å². The summed E-state index contributed by atoms with van der Waals surface area (Å²) in [6.45, 7) is 2.02. The Balaban J connectivity index is 2.12. The molecule has 1 heteroatoms. The average molecular weight is 202 g/mol. The topological polar surface area (TPSA) is 20.2 Å². The maximum absolute atomic E-state index is 9.80. The summed E-state index contributed by atoms with van der Waals surface area (Å²) in [7, 11) is 0. The lowest BCUT2D eigenvalue weighted by molar-refractivity contribution is 0.145. The highest BCUT2D eigenvalue weighted by molar-refractivity contribution is 5.34. The van der Waals surface area contributed by atoms with E-state index in [1.54, 1.807) is 0 Å². The summed E-state index contributed by atoms with van der Waals surface area (Å²) >= 11 is 0. The highest BCUT2D eigenvalue weighted by atomic mass is 16.3. The summed E-state index contributed by atoms with van der Waals surface area (Å²) in [5.74, 6) is 0.881. The van der Waals surface area contributed by atoms with Crippen LogP contribution in [0.3, 0.4) is 0 Å². The monoisotopic (exact) mass is 202 g/mol. The minimum Gasteiger partial charge on any atom is -0.392 e. The van der Waals surface area contributed by atoms with Gasteiger partial charge in [0.15, 0.2) is 0 Å². The summed E-state index contributed by atoms with van der Waals surface area (Å²) in [6, 6.07) is 0. The Morgan fingerprint density at radius 3 is 3.00 bits per heavy atom. The van der Waals surface area contributed by atoms with Crippen molar-refractivity contribution in [2.45, 2.75) is 25.9 Å². The van der Waals surface area contributed by atoms with Gasteiger partial charge in [0.1, 0.15) is 0 Å². The van der Waals surface area contributed by atoms with Gasteiger partial charge in [0.25, 0.3) is 0 Å². The molecule has 0 aliphatic heterocycles. The Morgan fingerprint density at radius 2 is 2.20 bits per heavy atom. The third-order valence-corrected chi connectivity index (χ3v) is 3.32. The molecule has 1 saturated carbocycles. The van der Waals surface area contributed by atoms with Crippen LogP contribution >= 0.6 is 0 Å². The van der Waals surface area contributed by atoms with E-state index >= 15 is 0 Å². The summed E-state index contributed by atoms with van der Waals surface area (Å²) < 4.78 is 0. The molecular formula is C14H18O. The van der Waals surface area contributed by atoms with Gasteiger partial charge >= 0.3 is 0 Å². The lowest BCUT2D eigenvalue weighted by atomic mass is 9.84. The quantitative estimate of drug-likeness (QED) is 0.682. The van der Waals surface area contributed by atoms with E-state index in [0.29, 0.717) is 11.8 Å². The Morgan fingerprint density at radius 1 is 1.33 bits per heavy atom. The molecule has 0 saturated heterocycles. The normalized spacial score (nSPS) is 35.1. The van der Waals surface area contributed by atoms with Crippen molar-refractivity contribution >= 4 is 0 Å². The fourth-order valence-corrected chi connectivity index (χ4v) is 2.53. The molecule has 15 heavy (non-hydrogen) atoms. The van der Waals surface area contributed by atoms with Crippen LogP contribution in [0.5, 0.6) is 0 Å². The molecule has 2 rings (SSSR count). The second-order valence-electron chi connectivity index (χ2n) is 4.27. The van der Waals surface area contributed by atoms with Crippen molar-refractivity contribution < 1.29 is 5.11 Å². The summed E-state index contributed by atoms with van der Waals surface area (Å²) in [5, 5.41) is 9.80. The lowest BCUT2D eigenvalue weighted by Gasteiger charge is -2.22. The van der Waals surface area contributed by atoms with Crippen LogP contribution in [0.2, 0.25) is 0 Å². The second-order valence-corrected chi connectivity index (χ2v) is 4.27. The molecule has 80 valence electrons. The predicted octanol–water partition coefficient (Wildman–Crippen LogP) is 3.00. The highest BCUT2D eigenvalue weighted by Crippen LogP contribution is 2.40. The van der Waals surface area contributed by atoms with Crippen molar-refractivity contribution in [2.24, 2.45) is 11.8 Å². The molecule has 3 unspecified atom stereocenters. The smallest absolute Gasteiger partial charge is 0.0609 e. The van der Waals surface area contributed by atoms with Crippen molar-refractivity contribution in [1.82, 2.24) is 0 Å². The average Bonchev–Trinajstić information content (AvgIpc) is 2.62. The molecule has 1 nitrogen and oxygen atoms in total. The van der Waals surface area contributed by atoms with Crippen molar-refractivity contribution in [1.29, 1.82) is 0 Å². The number of hydrogen-bond acceptors (Lipinski definition) is 1. The van der Waals surface area contributed by atoms with Gasteiger partial charge in [-0.25, -0.2) is 0 Å². The molecule has 1 fully saturated rings. The van der Waals surface area contributed by atoms with Crippen LogP contribution in [-0.4, -0.2) is 11.2 Å². The van der Waals surface area contributed by atoms with Crippen LogP contribution in [0.1, 0.15) is 19.8 Å². The first kappa shape index (κ1) is 10.4. The molecule has 0 heterocycles. The van der Waals surface area contributed by atoms with E-state index in [4.69, 9.17) is 0 Å². The standard InChI is InChI=1S/C14H18O/c1-2-3-4-6-11-7-5-8-13-12(11)9-10-14(13)15/h2-8,12-15H,9-10H2,1H3/b3-2-,6-4-. The Labute approximate surface area is 91.5 Å². The van der Waals surface area contributed by atoms with E-state index < -0.39 is 0 Å². The van der Waals surface area contributed by atoms with Gasteiger partial charge in [0, 0.05) is 5.92 Å². The highest BCUT2D eigenvalue weighted by Gasteiger charge is 2.35. The number of allylic oxidation sites excluding steroid dienone is 7. The van der Waals surface area contributed by atoms with E-state index in [2.05, 4.69) is 30.4 Å². The fourth-order valence-electron chi connectivity index (χ4n) is 2.53. The van der Waals surface area contributed by atoms with Crippen LogP contribution in [-0.2, 0) is 0 Å². The van der Waals surface area contributed by atoms with Gasteiger partial charge in [-0.3, -0.25) is 0 Å². The van der Waals surface area contributed by atoms with Gasteiger partial charge in [-0.1, -0.05) is 42.5 Å². The van der Waals surface area contributed by atoms with Crippen LogP contribution in [0.25, 0.3) is 0 Å². The number of fused-ring (bicyclic) bond motifs is 1. The Bertz CT molecular complexity index is 333. The minimum absolute atomic E-state index is 0.134.